The van der Waals surface area contributed by atoms with Gasteiger partial charge in [0.15, 0.2) is 6.61 Å². The summed E-state index contributed by atoms with van der Waals surface area (Å²) in [6, 6.07) is 8.43. The van der Waals surface area contributed by atoms with E-state index < -0.39 is 53.1 Å². The van der Waals surface area contributed by atoms with Crippen LogP contribution in [0.3, 0.4) is 0 Å². The Labute approximate surface area is 231 Å². The number of alkyl halides is 6. The van der Waals surface area contributed by atoms with Crippen LogP contribution in [0, 0.1) is 5.41 Å². The lowest BCUT2D eigenvalue weighted by atomic mass is 9.79. The van der Waals surface area contributed by atoms with Crippen LogP contribution in [0.15, 0.2) is 58.1 Å². The number of hydrogen-bond donors (Lipinski definition) is 2. The molecule has 2 aromatic heterocycles. The average Bonchev–Trinajstić information content (AvgIpc) is 3.29. The van der Waals surface area contributed by atoms with Gasteiger partial charge < -0.3 is 20.6 Å². The minimum absolute atomic E-state index is 0.0749. The fraction of sp³-hybridized carbons (Fsp3) is 0.481. The second kappa shape index (κ2) is 11.2. The van der Waals surface area contributed by atoms with E-state index in [1.165, 1.54) is 32.0 Å². The van der Waals surface area contributed by atoms with Gasteiger partial charge in [0, 0.05) is 39.8 Å². The van der Waals surface area contributed by atoms with Crippen molar-refractivity contribution in [3.8, 4) is 11.3 Å². The lowest BCUT2D eigenvalue weighted by Crippen LogP contribution is -2.58. The molecule has 0 aliphatic carbocycles. The van der Waals surface area contributed by atoms with Crippen molar-refractivity contribution in [2.24, 2.45) is 16.9 Å². The van der Waals surface area contributed by atoms with Gasteiger partial charge in [-0.15, -0.1) is 11.8 Å². The maximum absolute atomic E-state index is 14.5. The van der Waals surface area contributed by atoms with E-state index in [-0.39, 0.29) is 28.7 Å². The highest BCUT2D eigenvalue weighted by Gasteiger charge is 2.71. The summed E-state index contributed by atoms with van der Waals surface area (Å²) in [5, 5.41) is 0.617. The van der Waals surface area contributed by atoms with Crippen LogP contribution in [0.2, 0.25) is 0 Å². The number of fused-ring (bicyclic) bond motifs is 1. The van der Waals surface area contributed by atoms with Gasteiger partial charge in [0.2, 0.25) is 0 Å². The normalized spacial score (nSPS) is 14.4. The topological polar surface area (TPSA) is 104 Å². The van der Waals surface area contributed by atoms with Crippen molar-refractivity contribution in [2.45, 2.75) is 68.4 Å². The molecule has 2 heterocycles. The Bertz CT molecular complexity index is 1330. The number of aromatic nitrogens is 1. The lowest BCUT2D eigenvalue weighted by molar-refractivity contribution is -0.310. The molecule has 0 amide bonds. The first-order chi connectivity index (χ1) is 18.3. The van der Waals surface area contributed by atoms with Crippen molar-refractivity contribution >= 4 is 28.7 Å². The first-order valence-corrected chi connectivity index (χ1v) is 13.2. The zero-order valence-electron chi connectivity index (χ0n) is 22.3. The molecule has 0 aliphatic heterocycles. The van der Waals surface area contributed by atoms with Gasteiger partial charge >= 0.3 is 23.7 Å². The third-order valence-electron chi connectivity index (χ3n) is 6.36. The molecule has 0 saturated heterocycles. The summed E-state index contributed by atoms with van der Waals surface area (Å²) in [5.41, 5.74) is 10.3. The molecule has 0 aliphatic rings. The summed E-state index contributed by atoms with van der Waals surface area (Å²) in [4.78, 5) is 16.5. The highest BCUT2D eigenvalue weighted by atomic mass is 32.2. The molecular formula is C27H31F6N3O3S. The Kier molecular flexibility index (Phi) is 8.93. The van der Waals surface area contributed by atoms with Crippen molar-refractivity contribution in [3.05, 3.63) is 48.8 Å². The number of hydrogen-bond acceptors (Lipinski definition) is 7. The second-order valence-electron chi connectivity index (χ2n) is 10.9. The van der Waals surface area contributed by atoms with Crippen molar-refractivity contribution in [3.63, 3.8) is 0 Å². The molecule has 13 heteroatoms. The molecule has 0 radical (unpaired) electrons. The number of thioether (sulfide) groups is 1. The van der Waals surface area contributed by atoms with Gasteiger partial charge in [-0.3, -0.25) is 9.78 Å². The van der Waals surface area contributed by atoms with E-state index in [4.69, 9.17) is 15.9 Å². The Balaban J connectivity index is 1.67. The van der Waals surface area contributed by atoms with Crippen LogP contribution in [0.5, 0.6) is 0 Å². The van der Waals surface area contributed by atoms with Crippen LogP contribution in [0.4, 0.5) is 26.3 Å². The summed E-state index contributed by atoms with van der Waals surface area (Å²) >= 11 is 0.256. The highest BCUT2D eigenvalue weighted by Crippen LogP contribution is 2.48. The van der Waals surface area contributed by atoms with E-state index >= 15 is 0 Å². The molecule has 6 nitrogen and oxygen atoms in total. The van der Waals surface area contributed by atoms with Crippen LogP contribution in [-0.2, 0) is 9.53 Å². The highest BCUT2D eigenvalue weighted by molar-refractivity contribution is 7.99. The van der Waals surface area contributed by atoms with Crippen molar-refractivity contribution < 1.29 is 40.3 Å². The van der Waals surface area contributed by atoms with E-state index in [0.29, 0.717) is 16.7 Å². The molecular weight excluding hydrogens is 560 g/mol. The zero-order chi connectivity index (χ0) is 30.1. The molecule has 0 spiro atoms. The molecule has 40 heavy (non-hydrogen) atoms. The van der Waals surface area contributed by atoms with Crippen LogP contribution >= 0.6 is 11.8 Å². The Morgan fingerprint density at radius 3 is 2.33 bits per heavy atom. The number of rotatable bonds is 12. The maximum atomic E-state index is 14.5. The summed E-state index contributed by atoms with van der Waals surface area (Å²) in [5.74, 6) is -18.9. The lowest BCUT2D eigenvalue weighted by Gasteiger charge is -2.35. The van der Waals surface area contributed by atoms with Crippen LogP contribution in [-0.4, -0.2) is 52.7 Å². The number of carbonyl (C=O) groups excluding carboxylic acids is 1. The van der Waals surface area contributed by atoms with Crippen molar-refractivity contribution in [1.82, 2.24) is 4.98 Å². The minimum Gasteiger partial charge on any atom is -0.459 e. The predicted molar refractivity (Wildman–Crippen MR) is 141 cm³/mol. The molecule has 0 bridgehead atoms. The quantitative estimate of drug-likeness (QED) is 0.140. The molecule has 0 saturated carbocycles. The molecule has 1 unspecified atom stereocenters. The van der Waals surface area contributed by atoms with Gasteiger partial charge in [0.05, 0.1) is 11.2 Å². The Morgan fingerprint density at radius 1 is 1.05 bits per heavy atom. The predicted octanol–water partition coefficient (Wildman–Crippen LogP) is 6.52. The Hall–Kier alpha value is -2.77. The van der Waals surface area contributed by atoms with Gasteiger partial charge in [-0.1, -0.05) is 0 Å². The molecule has 3 aromatic rings. The van der Waals surface area contributed by atoms with E-state index in [0.717, 1.165) is 0 Å². The average molecular weight is 592 g/mol. The first kappa shape index (κ1) is 31.8. The van der Waals surface area contributed by atoms with Gasteiger partial charge in [-0.25, -0.2) is 0 Å². The van der Waals surface area contributed by atoms with Gasteiger partial charge in [0.25, 0.3) is 0 Å². The standard InChI is InChI=1S/C27H31F6N3O3S/c1-23(2,35)12-21(34)24(3,4)22(37)38-14-25(28,29)27(32,33)26(30,31)15-40-18-8-7-16-10-19(39-20(16)11-18)17-6-5-9-36-13-17/h5-11,13,21H,12,14-15,34-35H2,1-4H3. The van der Waals surface area contributed by atoms with Gasteiger partial charge in [-0.2, -0.15) is 26.3 Å². The molecule has 3 rings (SSSR count). The maximum Gasteiger partial charge on any atom is 0.376 e. The third kappa shape index (κ3) is 6.92. The molecule has 1 aromatic carbocycles. The molecule has 1 atom stereocenters. The molecule has 0 fully saturated rings. The number of pyridine rings is 1. The largest absolute Gasteiger partial charge is 0.459 e. The van der Waals surface area contributed by atoms with E-state index in [9.17, 15) is 31.1 Å². The second-order valence-corrected chi connectivity index (χ2v) is 12.0. The van der Waals surface area contributed by atoms with E-state index in [1.54, 1.807) is 44.4 Å². The fourth-order valence-electron chi connectivity index (χ4n) is 3.69. The SMILES string of the molecule is CC(C)(N)CC(N)C(C)(C)C(=O)OCC(F)(F)C(F)(F)C(F)(F)CSc1ccc2cc(-c3cccnc3)oc2c1. The summed E-state index contributed by atoms with van der Waals surface area (Å²) in [7, 11) is 0. The fourth-order valence-corrected chi connectivity index (χ4v) is 4.57. The summed E-state index contributed by atoms with van der Waals surface area (Å²) in [6.07, 6.45) is 3.21. The van der Waals surface area contributed by atoms with Crippen LogP contribution in [0.1, 0.15) is 34.1 Å². The van der Waals surface area contributed by atoms with E-state index in [2.05, 4.69) is 9.72 Å². The summed E-state index contributed by atoms with van der Waals surface area (Å²) < 4.78 is 97.0. The minimum atomic E-state index is -5.83. The first-order valence-electron chi connectivity index (χ1n) is 12.2. The third-order valence-corrected chi connectivity index (χ3v) is 7.45. The summed E-state index contributed by atoms with van der Waals surface area (Å²) in [6.45, 7) is 3.52. The number of halogens is 6. The zero-order valence-corrected chi connectivity index (χ0v) is 23.1. The number of benzene rings is 1. The number of carbonyl (C=O) groups is 1. The van der Waals surface area contributed by atoms with Crippen LogP contribution < -0.4 is 11.5 Å². The number of esters is 1. The molecule has 4 N–H and O–H groups in total. The van der Waals surface area contributed by atoms with E-state index in [1.807, 2.05) is 0 Å². The smallest absolute Gasteiger partial charge is 0.376 e. The van der Waals surface area contributed by atoms with Crippen molar-refractivity contribution in [1.29, 1.82) is 0 Å². The van der Waals surface area contributed by atoms with Crippen LogP contribution in [0.25, 0.3) is 22.3 Å². The number of furan rings is 1. The van der Waals surface area contributed by atoms with Gasteiger partial charge in [-0.05, 0) is 70.5 Å². The van der Waals surface area contributed by atoms with Crippen molar-refractivity contribution in [2.75, 3.05) is 12.4 Å². The Morgan fingerprint density at radius 2 is 1.73 bits per heavy atom. The molecule has 220 valence electrons. The number of nitrogens with two attached hydrogens (primary N) is 2. The number of ether oxygens (including phenoxy) is 1. The number of nitrogens with zero attached hydrogens (tertiary/aromatic N) is 1. The van der Waals surface area contributed by atoms with Gasteiger partial charge in [0.1, 0.15) is 11.3 Å². The monoisotopic (exact) mass is 591 g/mol.